The summed E-state index contributed by atoms with van der Waals surface area (Å²) in [5, 5.41) is 4.02. The van der Waals surface area contributed by atoms with Crippen LogP contribution in [0.15, 0.2) is 51.7 Å². The van der Waals surface area contributed by atoms with Gasteiger partial charge in [0.15, 0.2) is 5.76 Å². The van der Waals surface area contributed by atoms with Crippen molar-refractivity contribution < 1.29 is 18.7 Å². The molecule has 1 aliphatic rings. The topological polar surface area (TPSA) is 73.1 Å². The van der Waals surface area contributed by atoms with Gasteiger partial charge in [0, 0.05) is 5.56 Å². The van der Waals surface area contributed by atoms with E-state index in [1.807, 2.05) is 0 Å². The third kappa shape index (κ3) is 2.46. The summed E-state index contributed by atoms with van der Waals surface area (Å²) in [6.07, 6.45) is 3.23. The maximum Gasteiger partial charge on any atom is 0.273 e. The minimum absolute atomic E-state index is 0.295. The van der Waals surface area contributed by atoms with Gasteiger partial charge in [0.05, 0.1) is 26.1 Å². The van der Waals surface area contributed by atoms with Crippen LogP contribution in [0.5, 0.6) is 11.5 Å². The van der Waals surface area contributed by atoms with E-state index < -0.39 is 0 Å². The molecule has 0 bridgehead atoms. The maximum absolute atomic E-state index is 12.0. The first-order valence-corrected chi connectivity index (χ1v) is 6.59. The molecule has 3 rings (SSSR count). The van der Waals surface area contributed by atoms with Gasteiger partial charge in [0.25, 0.3) is 5.91 Å². The van der Waals surface area contributed by atoms with Crippen LogP contribution in [0.1, 0.15) is 11.3 Å². The largest absolute Gasteiger partial charge is 0.497 e. The predicted octanol–water partition coefficient (Wildman–Crippen LogP) is 2.21. The number of amides is 1. The molecular formula is C16H14N2O4. The second kappa shape index (κ2) is 5.77. The normalized spacial score (nSPS) is 15.6. The molecule has 1 aromatic carbocycles. The number of hydrazone groups is 1. The molecule has 22 heavy (non-hydrogen) atoms. The summed E-state index contributed by atoms with van der Waals surface area (Å²) >= 11 is 0. The SMILES string of the molecule is COc1ccc(OC)c(/C=C2\C(=O)NN=C2c2ccco2)c1. The highest BCUT2D eigenvalue weighted by molar-refractivity contribution is 6.32. The fourth-order valence-electron chi connectivity index (χ4n) is 2.18. The van der Waals surface area contributed by atoms with E-state index >= 15 is 0 Å². The van der Waals surface area contributed by atoms with Gasteiger partial charge in [-0.25, -0.2) is 5.43 Å². The highest BCUT2D eigenvalue weighted by Gasteiger charge is 2.26. The van der Waals surface area contributed by atoms with E-state index in [9.17, 15) is 4.79 Å². The Balaban J connectivity index is 2.07. The molecule has 0 saturated heterocycles. The van der Waals surface area contributed by atoms with Crippen molar-refractivity contribution in [1.29, 1.82) is 0 Å². The van der Waals surface area contributed by atoms with Crippen LogP contribution in [0.3, 0.4) is 0 Å². The zero-order chi connectivity index (χ0) is 15.5. The first kappa shape index (κ1) is 13.9. The zero-order valence-corrected chi connectivity index (χ0v) is 12.1. The van der Waals surface area contributed by atoms with Crippen molar-refractivity contribution in [2.24, 2.45) is 5.10 Å². The van der Waals surface area contributed by atoms with E-state index in [2.05, 4.69) is 10.5 Å². The van der Waals surface area contributed by atoms with Crippen LogP contribution in [-0.2, 0) is 4.79 Å². The predicted molar refractivity (Wildman–Crippen MR) is 80.9 cm³/mol. The van der Waals surface area contributed by atoms with Gasteiger partial charge in [0.1, 0.15) is 17.2 Å². The summed E-state index contributed by atoms with van der Waals surface area (Å²) in [6, 6.07) is 8.84. The van der Waals surface area contributed by atoms with E-state index in [4.69, 9.17) is 13.9 Å². The van der Waals surface area contributed by atoms with Crippen molar-refractivity contribution in [3.8, 4) is 11.5 Å². The summed E-state index contributed by atoms with van der Waals surface area (Å²) in [4.78, 5) is 12.0. The maximum atomic E-state index is 12.0. The Morgan fingerprint density at radius 2 is 2.09 bits per heavy atom. The standard InChI is InChI=1S/C16H14N2O4/c1-20-11-5-6-13(21-2)10(8-11)9-12-15(17-18-16(12)19)14-4-3-7-22-14/h3-9H,1-2H3,(H,18,19)/b12-9-. The molecule has 0 atom stereocenters. The number of furan rings is 1. The number of hydrogen-bond donors (Lipinski definition) is 1. The van der Waals surface area contributed by atoms with Crippen LogP contribution < -0.4 is 14.9 Å². The second-order valence-corrected chi connectivity index (χ2v) is 4.54. The Bertz CT molecular complexity index is 760. The van der Waals surface area contributed by atoms with Gasteiger partial charge < -0.3 is 13.9 Å². The Morgan fingerprint density at radius 1 is 1.23 bits per heavy atom. The van der Waals surface area contributed by atoms with Crippen LogP contribution in [-0.4, -0.2) is 25.8 Å². The molecular weight excluding hydrogens is 284 g/mol. The van der Waals surface area contributed by atoms with Gasteiger partial charge in [-0.3, -0.25) is 4.79 Å². The van der Waals surface area contributed by atoms with Gasteiger partial charge in [-0.2, -0.15) is 5.10 Å². The van der Waals surface area contributed by atoms with Crippen LogP contribution in [0.25, 0.3) is 6.08 Å². The molecule has 0 saturated carbocycles. The van der Waals surface area contributed by atoms with E-state index in [0.717, 1.165) is 0 Å². The van der Waals surface area contributed by atoms with Crippen molar-refractivity contribution in [3.05, 3.63) is 53.5 Å². The number of methoxy groups -OCH3 is 2. The number of carbonyl (C=O) groups is 1. The van der Waals surface area contributed by atoms with Gasteiger partial charge in [0.2, 0.25) is 0 Å². The fraction of sp³-hybridized carbons (Fsp3) is 0.125. The van der Waals surface area contributed by atoms with Gasteiger partial charge in [-0.05, 0) is 36.4 Å². The molecule has 0 unspecified atom stereocenters. The molecule has 0 radical (unpaired) electrons. The fourth-order valence-corrected chi connectivity index (χ4v) is 2.18. The molecule has 6 heteroatoms. The number of rotatable bonds is 4. The Kier molecular flexibility index (Phi) is 3.65. The van der Waals surface area contributed by atoms with Crippen LogP contribution in [0, 0.1) is 0 Å². The molecule has 1 aromatic heterocycles. The quantitative estimate of drug-likeness (QED) is 0.878. The van der Waals surface area contributed by atoms with Crippen LogP contribution in [0.2, 0.25) is 0 Å². The molecule has 0 aliphatic carbocycles. The number of ether oxygens (including phenoxy) is 2. The van der Waals surface area contributed by atoms with Crippen molar-refractivity contribution in [1.82, 2.24) is 5.43 Å². The van der Waals surface area contributed by atoms with Crippen LogP contribution in [0.4, 0.5) is 0 Å². The van der Waals surface area contributed by atoms with Crippen molar-refractivity contribution in [3.63, 3.8) is 0 Å². The number of hydrogen-bond acceptors (Lipinski definition) is 5. The van der Waals surface area contributed by atoms with Gasteiger partial charge >= 0.3 is 0 Å². The van der Waals surface area contributed by atoms with Gasteiger partial charge in [-0.1, -0.05) is 0 Å². The average molecular weight is 298 g/mol. The van der Waals surface area contributed by atoms with E-state index in [1.54, 1.807) is 50.6 Å². The number of carbonyl (C=O) groups excluding carboxylic acids is 1. The molecule has 6 nitrogen and oxygen atoms in total. The Hall–Kier alpha value is -3.02. The van der Waals surface area contributed by atoms with E-state index in [-0.39, 0.29) is 5.91 Å². The Labute approximate surface area is 127 Å². The average Bonchev–Trinajstić information content (AvgIpc) is 3.18. The van der Waals surface area contributed by atoms with Crippen molar-refractivity contribution in [2.45, 2.75) is 0 Å². The molecule has 1 amide bonds. The number of benzene rings is 1. The lowest BCUT2D eigenvalue weighted by Crippen LogP contribution is -2.13. The minimum atomic E-state index is -0.295. The molecule has 2 heterocycles. The number of nitrogens with zero attached hydrogens (tertiary/aromatic N) is 1. The summed E-state index contributed by atoms with van der Waals surface area (Å²) in [5.74, 6) is 1.53. The van der Waals surface area contributed by atoms with Crippen molar-refractivity contribution >= 4 is 17.7 Å². The summed E-state index contributed by atoms with van der Waals surface area (Å²) in [7, 11) is 3.15. The highest BCUT2D eigenvalue weighted by Crippen LogP contribution is 2.28. The summed E-state index contributed by atoms with van der Waals surface area (Å²) < 4.78 is 15.8. The summed E-state index contributed by atoms with van der Waals surface area (Å²) in [6.45, 7) is 0. The zero-order valence-electron chi connectivity index (χ0n) is 12.1. The van der Waals surface area contributed by atoms with E-state index in [0.29, 0.717) is 34.1 Å². The van der Waals surface area contributed by atoms with Crippen LogP contribution >= 0.6 is 0 Å². The highest BCUT2D eigenvalue weighted by atomic mass is 16.5. The lowest BCUT2D eigenvalue weighted by molar-refractivity contribution is -0.116. The third-order valence-corrected chi connectivity index (χ3v) is 3.26. The summed E-state index contributed by atoms with van der Waals surface area (Å²) in [5.41, 5.74) is 4.02. The van der Waals surface area contributed by atoms with Crippen molar-refractivity contribution in [2.75, 3.05) is 14.2 Å². The Morgan fingerprint density at radius 3 is 2.77 bits per heavy atom. The molecule has 2 aromatic rings. The third-order valence-electron chi connectivity index (χ3n) is 3.26. The lowest BCUT2D eigenvalue weighted by atomic mass is 10.0. The monoisotopic (exact) mass is 298 g/mol. The smallest absolute Gasteiger partial charge is 0.273 e. The lowest BCUT2D eigenvalue weighted by Gasteiger charge is -2.08. The molecule has 1 aliphatic heterocycles. The van der Waals surface area contributed by atoms with Gasteiger partial charge in [-0.15, -0.1) is 0 Å². The molecule has 0 spiro atoms. The second-order valence-electron chi connectivity index (χ2n) is 4.54. The van der Waals surface area contributed by atoms with E-state index in [1.165, 1.54) is 6.26 Å². The first-order chi connectivity index (χ1) is 10.7. The minimum Gasteiger partial charge on any atom is -0.497 e. The molecule has 1 N–H and O–H groups in total. The number of nitrogens with one attached hydrogen (secondary N) is 1. The molecule has 112 valence electrons. The first-order valence-electron chi connectivity index (χ1n) is 6.59. The molecule has 0 fully saturated rings.